The van der Waals surface area contributed by atoms with E-state index in [1.807, 2.05) is 6.07 Å². The molecule has 2 aliphatic rings. The van der Waals surface area contributed by atoms with Crippen LogP contribution in [0.3, 0.4) is 0 Å². The van der Waals surface area contributed by atoms with Gasteiger partial charge < -0.3 is 9.72 Å². The largest absolute Gasteiger partial charge is 0.458 e. The molecule has 0 radical (unpaired) electrons. The second kappa shape index (κ2) is 6.55. The molecule has 2 fully saturated rings. The van der Waals surface area contributed by atoms with E-state index in [0.717, 1.165) is 23.4 Å². The highest BCUT2D eigenvalue weighted by atomic mass is 79.9. The van der Waals surface area contributed by atoms with Crippen LogP contribution >= 0.6 is 15.9 Å². The first-order chi connectivity index (χ1) is 10.1. The van der Waals surface area contributed by atoms with Crippen LogP contribution < -0.4 is 0 Å². The average molecular weight is 354 g/mol. The number of halogens is 1. The number of ether oxygens (including phenoxy) is 1. The van der Waals surface area contributed by atoms with Gasteiger partial charge in [-0.2, -0.15) is 0 Å². The average Bonchev–Trinajstić information content (AvgIpc) is 3.10. The van der Waals surface area contributed by atoms with Gasteiger partial charge in [-0.25, -0.2) is 4.79 Å². The van der Waals surface area contributed by atoms with E-state index in [2.05, 4.69) is 27.8 Å². The quantitative estimate of drug-likeness (QED) is 0.761. The van der Waals surface area contributed by atoms with Crippen molar-refractivity contribution in [1.29, 1.82) is 0 Å². The Morgan fingerprint density at radius 3 is 2.52 bits per heavy atom. The maximum atomic E-state index is 12.3. The summed E-state index contributed by atoms with van der Waals surface area (Å²) in [6.07, 6.45) is 9.49. The summed E-state index contributed by atoms with van der Waals surface area (Å²) in [6.45, 7) is 2.27. The third kappa shape index (κ3) is 3.53. The standard InChI is InChI=1S/C17H24BrNO2/c1-11-6-8-13(9-7-11)21-17(20)15-10-14(16(18)19-15)12-4-2-3-5-12/h10-13,19H,2-9H2,1H3. The van der Waals surface area contributed by atoms with Gasteiger partial charge in [0.15, 0.2) is 0 Å². The van der Waals surface area contributed by atoms with Crippen LogP contribution in [0.1, 0.15) is 80.3 Å². The molecule has 3 rings (SSSR count). The monoisotopic (exact) mass is 353 g/mol. The Bertz CT molecular complexity index is 497. The molecule has 1 heterocycles. The van der Waals surface area contributed by atoms with Gasteiger partial charge in [-0.1, -0.05) is 19.8 Å². The van der Waals surface area contributed by atoms with Crippen LogP contribution in [0.5, 0.6) is 0 Å². The van der Waals surface area contributed by atoms with Crippen molar-refractivity contribution >= 4 is 21.9 Å². The lowest BCUT2D eigenvalue weighted by Crippen LogP contribution is -2.23. The first-order valence-corrected chi connectivity index (χ1v) is 9.02. The predicted molar refractivity (Wildman–Crippen MR) is 86.5 cm³/mol. The lowest BCUT2D eigenvalue weighted by molar-refractivity contribution is 0.0168. The Labute approximate surface area is 135 Å². The fourth-order valence-corrected chi connectivity index (χ4v) is 4.30. The van der Waals surface area contributed by atoms with Gasteiger partial charge in [0.1, 0.15) is 11.8 Å². The van der Waals surface area contributed by atoms with Crippen molar-refractivity contribution in [1.82, 2.24) is 4.98 Å². The fraction of sp³-hybridized carbons (Fsp3) is 0.706. The molecule has 0 aliphatic heterocycles. The van der Waals surface area contributed by atoms with E-state index in [1.165, 1.54) is 44.1 Å². The van der Waals surface area contributed by atoms with Crippen molar-refractivity contribution < 1.29 is 9.53 Å². The summed E-state index contributed by atoms with van der Waals surface area (Å²) in [4.78, 5) is 15.5. The second-order valence-electron chi connectivity index (χ2n) is 6.72. The van der Waals surface area contributed by atoms with Crippen LogP contribution in [0, 0.1) is 5.92 Å². The summed E-state index contributed by atoms with van der Waals surface area (Å²) in [6, 6.07) is 1.99. The van der Waals surface area contributed by atoms with E-state index in [1.54, 1.807) is 0 Å². The van der Waals surface area contributed by atoms with Crippen molar-refractivity contribution in [3.05, 3.63) is 21.9 Å². The lowest BCUT2D eigenvalue weighted by atomic mass is 9.89. The van der Waals surface area contributed by atoms with Gasteiger partial charge in [-0.05, 0) is 77.9 Å². The number of aromatic nitrogens is 1. The number of hydrogen-bond acceptors (Lipinski definition) is 2. The number of nitrogens with one attached hydrogen (secondary N) is 1. The van der Waals surface area contributed by atoms with Crippen molar-refractivity contribution in [2.75, 3.05) is 0 Å². The molecule has 0 unspecified atom stereocenters. The topological polar surface area (TPSA) is 42.1 Å². The molecule has 0 spiro atoms. The first kappa shape index (κ1) is 15.1. The normalized spacial score (nSPS) is 27.0. The maximum Gasteiger partial charge on any atom is 0.355 e. The third-order valence-electron chi connectivity index (χ3n) is 5.05. The zero-order chi connectivity index (χ0) is 14.8. The summed E-state index contributed by atoms with van der Waals surface area (Å²) in [5, 5.41) is 0. The summed E-state index contributed by atoms with van der Waals surface area (Å²) in [7, 11) is 0. The van der Waals surface area contributed by atoms with Crippen molar-refractivity contribution in [3.63, 3.8) is 0 Å². The van der Waals surface area contributed by atoms with E-state index in [0.29, 0.717) is 11.6 Å². The van der Waals surface area contributed by atoms with Crippen LogP contribution in [-0.4, -0.2) is 17.1 Å². The van der Waals surface area contributed by atoms with Crippen LogP contribution in [0.4, 0.5) is 0 Å². The number of H-pyrrole nitrogens is 1. The second-order valence-corrected chi connectivity index (χ2v) is 7.51. The Hall–Kier alpha value is -0.770. The molecular formula is C17H24BrNO2. The molecule has 1 N–H and O–H groups in total. The van der Waals surface area contributed by atoms with Crippen molar-refractivity contribution in [3.8, 4) is 0 Å². The number of carbonyl (C=O) groups is 1. The molecule has 0 saturated heterocycles. The molecule has 2 saturated carbocycles. The van der Waals surface area contributed by atoms with Gasteiger partial charge in [0, 0.05) is 0 Å². The molecule has 0 bridgehead atoms. The first-order valence-electron chi connectivity index (χ1n) is 8.23. The molecule has 21 heavy (non-hydrogen) atoms. The highest BCUT2D eigenvalue weighted by Gasteiger charge is 2.26. The number of carbonyl (C=O) groups excluding carboxylic acids is 1. The lowest BCUT2D eigenvalue weighted by Gasteiger charge is -2.25. The molecule has 1 aromatic rings. The fourth-order valence-electron chi connectivity index (χ4n) is 3.65. The molecular weight excluding hydrogens is 330 g/mol. The minimum atomic E-state index is -0.195. The molecule has 3 nitrogen and oxygen atoms in total. The zero-order valence-electron chi connectivity index (χ0n) is 12.7. The summed E-state index contributed by atoms with van der Waals surface area (Å²) < 4.78 is 6.62. The van der Waals surface area contributed by atoms with E-state index in [-0.39, 0.29) is 12.1 Å². The highest BCUT2D eigenvalue weighted by Crippen LogP contribution is 2.38. The number of rotatable bonds is 3. The Kier molecular flexibility index (Phi) is 4.72. The smallest absolute Gasteiger partial charge is 0.355 e. The molecule has 1 aromatic heterocycles. The van der Waals surface area contributed by atoms with Gasteiger partial charge in [-0.3, -0.25) is 0 Å². The summed E-state index contributed by atoms with van der Waals surface area (Å²) in [5.74, 6) is 1.17. The van der Waals surface area contributed by atoms with Crippen LogP contribution in [-0.2, 0) is 4.74 Å². The molecule has 116 valence electrons. The summed E-state index contributed by atoms with van der Waals surface area (Å²) in [5.41, 5.74) is 1.85. The van der Waals surface area contributed by atoms with Crippen molar-refractivity contribution in [2.24, 2.45) is 5.92 Å². The van der Waals surface area contributed by atoms with Crippen LogP contribution in [0.25, 0.3) is 0 Å². The van der Waals surface area contributed by atoms with E-state index in [4.69, 9.17) is 4.74 Å². The minimum absolute atomic E-state index is 0.103. The highest BCUT2D eigenvalue weighted by molar-refractivity contribution is 9.10. The predicted octanol–water partition coefficient (Wildman–Crippen LogP) is 5.17. The maximum absolute atomic E-state index is 12.3. The zero-order valence-corrected chi connectivity index (χ0v) is 14.2. The van der Waals surface area contributed by atoms with Gasteiger partial charge >= 0.3 is 5.97 Å². The summed E-state index contributed by atoms with van der Waals surface area (Å²) >= 11 is 3.57. The van der Waals surface area contributed by atoms with Crippen LogP contribution in [0.15, 0.2) is 10.7 Å². The van der Waals surface area contributed by atoms with E-state index in [9.17, 15) is 4.79 Å². The molecule has 2 aliphatic carbocycles. The minimum Gasteiger partial charge on any atom is -0.458 e. The van der Waals surface area contributed by atoms with E-state index < -0.39 is 0 Å². The van der Waals surface area contributed by atoms with Gasteiger partial charge in [-0.15, -0.1) is 0 Å². The number of esters is 1. The molecule has 0 aromatic carbocycles. The number of hydrogen-bond donors (Lipinski definition) is 1. The number of aromatic amines is 1. The Morgan fingerprint density at radius 1 is 1.19 bits per heavy atom. The Morgan fingerprint density at radius 2 is 1.86 bits per heavy atom. The molecule has 0 amide bonds. The SMILES string of the molecule is CC1CCC(OC(=O)c2cc(C3CCCC3)c(Br)[nH]2)CC1. The van der Waals surface area contributed by atoms with E-state index >= 15 is 0 Å². The third-order valence-corrected chi connectivity index (χ3v) is 5.71. The Balaban J connectivity index is 1.63. The van der Waals surface area contributed by atoms with Gasteiger partial charge in [0.25, 0.3) is 0 Å². The van der Waals surface area contributed by atoms with Gasteiger partial charge in [0.05, 0.1) is 4.60 Å². The van der Waals surface area contributed by atoms with Gasteiger partial charge in [0.2, 0.25) is 0 Å². The molecule has 4 heteroatoms. The van der Waals surface area contributed by atoms with Crippen molar-refractivity contribution in [2.45, 2.75) is 70.3 Å². The molecule has 0 atom stereocenters. The van der Waals surface area contributed by atoms with Crippen LogP contribution in [0.2, 0.25) is 0 Å².